The fraction of sp³-hybridized carbons (Fsp3) is 0.355. The molecular weight excluding hydrogens is 493 g/mol. The predicted molar refractivity (Wildman–Crippen MR) is 145 cm³/mol. The number of carbonyl (C=O) groups excluding carboxylic acids is 2. The van der Waals surface area contributed by atoms with Crippen molar-refractivity contribution < 1.29 is 14.0 Å². The minimum absolute atomic E-state index is 0.00276. The molecule has 3 atom stereocenters. The van der Waals surface area contributed by atoms with Crippen LogP contribution in [0.25, 0.3) is 16.9 Å². The number of aromatic nitrogens is 3. The molecule has 0 saturated heterocycles. The second kappa shape index (κ2) is 9.00. The van der Waals surface area contributed by atoms with E-state index >= 15 is 4.39 Å². The Kier molecular flexibility index (Phi) is 5.54. The third kappa shape index (κ3) is 4.09. The van der Waals surface area contributed by atoms with E-state index < -0.39 is 0 Å². The quantitative estimate of drug-likeness (QED) is 0.398. The molecule has 4 aromatic rings. The Hall–Kier alpha value is -4.07. The standard InChI is InChI=1S/C31H30FN5O2/c1-17-21-6-4-3-5-18(21)11-12-36(17)31(39)27-15-28(19-7-8-19)37-29(34-27)16-26(35-37)22-10-9-20(13-25(22)32)23-14-24(23)30(38)33-2/h3-6,9-10,13,15-17,19,23-24H,7-8,11-12,14H2,1-2H3,(H,33,38)/t17-,23-,24+/m1/s1. The molecule has 2 aromatic heterocycles. The van der Waals surface area contributed by atoms with Gasteiger partial charge in [0.2, 0.25) is 5.91 Å². The van der Waals surface area contributed by atoms with Gasteiger partial charge in [0.1, 0.15) is 11.5 Å². The second-order valence-corrected chi connectivity index (χ2v) is 11.1. The number of hydrogen-bond donors (Lipinski definition) is 1. The zero-order valence-corrected chi connectivity index (χ0v) is 22.0. The summed E-state index contributed by atoms with van der Waals surface area (Å²) in [7, 11) is 1.62. The van der Waals surface area contributed by atoms with E-state index in [1.54, 1.807) is 23.7 Å². The van der Waals surface area contributed by atoms with Gasteiger partial charge in [-0.25, -0.2) is 13.9 Å². The van der Waals surface area contributed by atoms with Gasteiger partial charge in [-0.2, -0.15) is 5.10 Å². The summed E-state index contributed by atoms with van der Waals surface area (Å²) in [6.07, 6.45) is 3.62. The number of fused-ring (bicyclic) bond motifs is 2. The van der Waals surface area contributed by atoms with E-state index in [1.165, 1.54) is 17.2 Å². The SMILES string of the molecule is CNC(=O)[C@H]1C[C@@H]1c1ccc(-c2cc3nc(C(=O)N4CCc5ccccc5[C@H]4C)cc(C4CC4)n3n2)c(F)c1. The van der Waals surface area contributed by atoms with Crippen LogP contribution in [0.1, 0.15) is 76.9 Å². The molecule has 2 fully saturated rings. The molecule has 1 N–H and O–H groups in total. The van der Waals surface area contributed by atoms with Crippen LogP contribution in [-0.2, 0) is 11.2 Å². The van der Waals surface area contributed by atoms with Crippen molar-refractivity contribution in [3.63, 3.8) is 0 Å². The molecule has 39 heavy (non-hydrogen) atoms. The Balaban J connectivity index is 1.21. The highest BCUT2D eigenvalue weighted by atomic mass is 19.1. The number of amides is 2. The third-order valence-electron chi connectivity index (χ3n) is 8.60. The molecule has 0 bridgehead atoms. The lowest BCUT2D eigenvalue weighted by Gasteiger charge is -2.35. The lowest BCUT2D eigenvalue weighted by atomic mass is 9.93. The number of halogens is 1. The zero-order valence-electron chi connectivity index (χ0n) is 22.0. The summed E-state index contributed by atoms with van der Waals surface area (Å²) in [6, 6.07) is 17.0. The summed E-state index contributed by atoms with van der Waals surface area (Å²) in [5, 5.41) is 7.41. The lowest BCUT2D eigenvalue weighted by Crippen LogP contribution is -2.39. The van der Waals surface area contributed by atoms with Gasteiger partial charge in [0, 0.05) is 42.8 Å². The highest BCUT2D eigenvalue weighted by Gasteiger charge is 2.43. The van der Waals surface area contributed by atoms with Gasteiger partial charge in [-0.15, -0.1) is 0 Å². The van der Waals surface area contributed by atoms with Crippen LogP contribution in [-0.4, -0.2) is 44.9 Å². The van der Waals surface area contributed by atoms with Crippen LogP contribution in [0.5, 0.6) is 0 Å². The van der Waals surface area contributed by atoms with Crippen molar-refractivity contribution in [1.29, 1.82) is 0 Å². The molecule has 0 radical (unpaired) electrons. The topological polar surface area (TPSA) is 79.6 Å². The average molecular weight is 524 g/mol. The summed E-state index contributed by atoms with van der Waals surface area (Å²) >= 11 is 0. The fourth-order valence-electron chi connectivity index (χ4n) is 6.11. The van der Waals surface area contributed by atoms with Crippen LogP contribution in [0.4, 0.5) is 4.39 Å². The first-order chi connectivity index (χ1) is 18.9. The highest BCUT2D eigenvalue weighted by Crippen LogP contribution is 2.48. The van der Waals surface area contributed by atoms with Crippen LogP contribution in [0, 0.1) is 11.7 Å². The molecular formula is C31H30FN5O2. The van der Waals surface area contributed by atoms with Crippen LogP contribution in [0.3, 0.4) is 0 Å². The zero-order chi connectivity index (χ0) is 26.8. The Morgan fingerprint density at radius 1 is 1.08 bits per heavy atom. The van der Waals surface area contributed by atoms with Crippen molar-refractivity contribution in [2.75, 3.05) is 13.6 Å². The fourth-order valence-corrected chi connectivity index (χ4v) is 6.11. The van der Waals surface area contributed by atoms with Crippen LogP contribution < -0.4 is 5.32 Å². The van der Waals surface area contributed by atoms with Crippen LogP contribution in [0.2, 0.25) is 0 Å². The normalized spacial score (nSPS) is 22.0. The van der Waals surface area contributed by atoms with Gasteiger partial charge in [-0.3, -0.25) is 9.59 Å². The molecule has 2 amide bonds. The minimum Gasteiger partial charge on any atom is -0.359 e. The first-order valence-electron chi connectivity index (χ1n) is 13.7. The second-order valence-electron chi connectivity index (χ2n) is 11.1. The largest absolute Gasteiger partial charge is 0.359 e. The minimum atomic E-state index is -0.372. The van der Waals surface area contributed by atoms with Gasteiger partial charge >= 0.3 is 0 Å². The van der Waals surface area contributed by atoms with Gasteiger partial charge in [0.25, 0.3) is 5.91 Å². The van der Waals surface area contributed by atoms with E-state index in [1.807, 2.05) is 29.2 Å². The smallest absolute Gasteiger partial charge is 0.273 e. The van der Waals surface area contributed by atoms with Crippen LogP contribution >= 0.6 is 0 Å². The Bertz CT molecular complexity index is 1640. The van der Waals surface area contributed by atoms with Gasteiger partial charge < -0.3 is 10.2 Å². The number of nitrogens with one attached hydrogen (secondary N) is 1. The van der Waals surface area contributed by atoms with E-state index in [-0.39, 0.29) is 35.5 Å². The first-order valence-corrected chi connectivity index (χ1v) is 13.7. The van der Waals surface area contributed by atoms with Crippen molar-refractivity contribution in [2.45, 2.75) is 50.5 Å². The van der Waals surface area contributed by atoms with Crippen molar-refractivity contribution in [2.24, 2.45) is 5.92 Å². The molecule has 3 aliphatic rings. The van der Waals surface area contributed by atoms with E-state index in [4.69, 9.17) is 10.1 Å². The molecule has 0 unspecified atom stereocenters. The third-order valence-corrected chi connectivity index (χ3v) is 8.60. The van der Waals surface area contributed by atoms with Crippen molar-refractivity contribution in [3.8, 4) is 11.3 Å². The first kappa shape index (κ1) is 24.0. The molecule has 2 saturated carbocycles. The van der Waals surface area contributed by atoms with Crippen molar-refractivity contribution in [1.82, 2.24) is 24.8 Å². The number of hydrogen-bond acceptors (Lipinski definition) is 4. The summed E-state index contributed by atoms with van der Waals surface area (Å²) < 4.78 is 17.1. The summed E-state index contributed by atoms with van der Waals surface area (Å²) in [4.78, 5) is 32.3. The Morgan fingerprint density at radius 3 is 2.67 bits per heavy atom. The van der Waals surface area contributed by atoms with Gasteiger partial charge in [-0.05, 0) is 73.4 Å². The molecule has 198 valence electrons. The number of benzene rings is 2. The molecule has 0 spiro atoms. The number of nitrogens with zero attached hydrogens (tertiary/aromatic N) is 4. The summed E-state index contributed by atoms with van der Waals surface area (Å²) in [5.41, 5.74) is 6.07. The molecule has 2 aromatic carbocycles. The van der Waals surface area contributed by atoms with Gasteiger partial charge in [-0.1, -0.05) is 30.3 Å². The average Bonchev–Trinajstić information content (AvgIpc) is 3.88. The van der Waals surface area contributed by atoms with Crippen molar-refractivity contribution >= 4 is 17.5 Å². The Labute approximate surface area is 226 Å². The maximum Gasteiger partial charge on any atom is 0.273 e. The molecule has 3 heterocycles. The Morgan fingerprint density at radius 2 is 1.90 bits per heavy atom. The van der Waals surface area contributed by atoms with Gasteiger partial charge in [0.05, 0.1) is 11.7 Å². The van der Waals surface area contributed by atoms with E-state index in [0.717, 1.165) is 36.9 Å². The summed E-state index contributed by atoms with van der Waals surface area (Å²) in [5.74, 6) is -0.184. The van der Waals surface area contributed by atoms with Gasteiger partial charge in [0.15, 0.2) is 5.65 Å². The maximum absolute atomic E-state index is 15.3. The summed E-state index contributed by atoms with van der Waals surface area (Å²) in [6.45, 7) is 2.71. The maximum atomic E-state index is 15.3. The lowest BCUT2D eigenvalue weighted by molar-refractivity contribution is -0.121. The van der Waals surface area contributed by atoms with Crippen LogP contribution in [0.15, 0.2) is 54.6 Å². The predicted octanol–water partition coefficient (Wildman–Crippen LogP) is 5.02. The molecule has 7 rings (SSSR count). The number of rotatable bonds is 5. The molecule has 7 nitrogen and oxygen atoms in total. The van der Waals surface area contributed by atoms with E-state index in [2.05, 4.69) is 24.4 Å². The molecule has 1 aliphatic heterocycles. The molecule has 8 heteroatoms. The van der Waals surface area contributed by atoms with Crippen molar-refractivity contribution in [3.05, 3.63) is 88.5 Å². The highest BCUT2D eigenvalue weighted by molar-refractivity contribution is 5.93. The number of carbonyl (C=O) groups is 2. The van der Waals surface area contributed by atoms with E-state index in [9.17, 15) is 9.59 Å². The monoisotopic (exact) mass is 523 g/mol. The molecule has 2 aliphatic carbocycles. The van der Waals surface area contributed by atoms with E-state index in [0.29, 0.717) is 35.1 Å².